The lowest BCUT2D eigenvalue weighted by Gasteiger charge is -2.13. The van der Waals surface area contributed by atoms with Crippen LogP contribution in [0.2, 0.25) is 5.02 Å². The summed E-state index contributed by atoms with van der Waals surface area (Å²) in [4.78, 5) is 12.4. The summed E-state index contributed by atoms with van der Waals surface area (Å²) in [5.74, 6) is 0.390. The van der Waals surface area contributed by atoms with Gasteiger partial charge in [0.25, 0.3) is 5.91 Å². The summed E-state index contributed by atoms with van der Waals surface area (Å²) in [5, 5.41) is 11.9. The normalized spacial score (nSPS) is 12.3. The molecule has 0 saturated carbocycles. The number of amides is 1. The van der Waals surface area contributed by atoms with Crippen LogP contribution in [0.3, 0.4) is 0 Å². The van der Waals surface area contributed by atoms with Gasteiger partial charge < -0.3 is 5.32 Å². The van der Waals surface area contributed by atoms with Crippen LogP contribution in [0.4, 0.5) is 0 Å². The highest BCUT2D eigenvalue weighted by Gasteiger charge is 2.11. The van der Waals surface area contributed by atoms with E-state index in [0.717, 1.165) is 38.0 Å². The molecule has 0 saturated heterocycles. The number of rotatable bonds is 6. The molecule has 1 amide bonds. The number of fused-ring (bicyclic) bond motifs is 1. The van der Waals surface area contributed by atoms with Crippen molar-refractivity contribution in [2.45, 2.75) is 19.8 Å². The Morgan fingerprint density at radius 3 is 2.92 bits per heavy atom. The molecule has 1 heterocycles. The fourth-order valence-electron chi connectivity index (χ4n) is 2.80. The Morgan fingerprint density at radius 2 is 2.12 bits per heavy atom. The van der Waals surface area contributed by atoms with Gasteiger partial charge in [0.05, 0.1) is 5.52 Å². The first kappa shape index (κ1) is 18.2. The molecule has 3 aromatic rings. The van der Waals surface area contributed by atoms with Crippen LogP contribution in [-0.4, -0.2) is 22.6 Å². The van der Waals surface area contributed by atoms with E-state index >= 15 is 0 Å². The zero-order chi connectivity index (χ0) is 17.8. The Balaban J connectivity index is 1.53. The van der Waals surface area contributed by atoms with E-state index in [0.29, 0.717) is 18.0 Å². The Hall–Kier alpha value is -1.60. The largest absolute Gasteiger partial charge is 0.352 e. The molecule has 0 radical (unpaired) electrons. The first-order valence-electron chi connectivity index (χ1n) is 8.20. The van der Waals surface area contributed by atoms with Crippen LogP contribution in [-0.2, 0) is 6.42 Å². The fourth-order valence-corrected chi connectivity index (χ4v) is 3.56. The molecule has 3 rings (SSSR count). The van der Waals surface area contributed by atoms with Gasteiger partial charge in [0.15, 0.2) is 0 Å². The quantitative estimate of drug-likeness (QED) is 0.511. The first-order valence-corrected chi connectivity index (χ1v) is 9.65. The average molecular weight is 468 g/mol. The van der Waals surface area contributed by atoms with Gasteiger partial charge in [-0.1, -0.05) is 36.7 Å². The van der Waals surface area contributed by atoms with Crippen LogP contribution in [0.1, 0.15) is 29.3 Å². The number of hydrogen-bond acceptors (Lipinski definition) is 2. The van der Waals surface area contributed by atoms with Gasteiger partial charge in [-0.25, -0.2) is 0 Å². The Labute approximate surface area is 165 Å². The maximum absolute atomic E-state index is 12.4. The second-order valence-corrected chi connectivity index (χ2v) is 7.70. The number of benzene rings is 2. The summed E-state index contributed by atoms with van der Waals surface area (Å²) in [5.41, 5.74) is 2.68. The number of aromatic amines is 1. The molecule has 4 nitrogen and oxygen atoms in total. The number of carbonyl (C=O) groups is 1. The van der Waals surface area contributed by atoms with Gasteiger partial charge in [0.2, 0.25) is 0 Å². The zero-order valence-corrected chi connectivity index (χ0v) is 16.8. The lowest BCUT2D eigenvalue weighted by Crippen LogP contribution is -2.25. The molecule has 0 fully saturated rings. The molecule has 0 aliphatic carbocycles. The van der Waals surface area contributed by atoms with E-state index in [4.69, 9.17) is 11.6 Å². The van der Waals surface area contributed by atoms with Crippen molar-refractivity contribution in [3.05, 3.63) is 62.3 Å². The molecule has 1 atom stereocenters. The fraction of sp³-hybridized carbons (Fsp3) is 0.263. The number of nitrogens with one attached hydrogen (secondary N) is 2. The molecular weight excluding hydrogens is 449 g/mol. The van der Waals surface area contributed by atoms with E-state index < -0.39 is 0 Å². The highest BCUT2D eigenvalue weighted by atomic mass is 127. The van der Waals surface area contributed by atoms with Crippen molar-refractivity contribution >= 4 is 51.0 Å². The molecule has 0 aliphatic heterocycles. The minimum atomic E-state index is -0.0520. The highest BCUT2D eigenvalue weighted by Crippen LogP contribution is 2.21. The van der Waals surface area contributed by atoms with Crippen LogP contribution in [0.25, 0.3) is 10.9 Å². The van der Waals surface area contributed by atoms with Gasteiger partial charge in [-0.2, -0.15) is 5.10 Å². The number of nitrogens with zero attached hydrogens (tertiary/aromatic N) is 1. The number of aromatic nitrogens is 2. The zero-order valence-electron chi connectivity index (χ0n) is 13.9. The van der Waals surface area contributed by atoms with Crippen molar-refractivity contribution in [1.82, 2.24) is 15.5 Å². The molecule has 2 N–H and O–H groups in total. The number of carbonyl (C=O) groups excluding carboxylic acids is 1. The van der Waals surface area contributed by atoms with Crippen molar-refractivity contribution < 1.29 is 4.79 Å². The molecule has 6 heteroatoms. The summed E-state index contributed by atoms with van der Waals surface area (Å²) in [6.07, 6.45) is 1.82. The summed E-state index contributed by atoms with van der Waals surface area (Å²) < 4.78 is 0.940. The molecule has 25 heavy (non-hydrogen) atoms. The summed E-state index contributed by atoms with van der Waals surface area (Å²) in [6, 6.07) is 13.5. The van der Waals surface area contributed by atoms with E-state index in [2.05, 4.69) is 51.1 Å². The van der Waals surface area contributed by atoms with Gasteiger partial charge in [-0.05, 0) is 71.2 Å². The predicted molar refractivity (Wildman–Crippen MR) is 110 cm³/mol. The summed E-state index contributed by atoms with van der Waals surface area (Å²) in [6.45, 7) is 2.82. The maximum Gasteiger partial charge on any atom is 0.251 e. The SMILES string of the molecule is CC(CCNC(=O)c1ccc2n[nH]c(I)c2c1)Cc1ccccc1Cl. The van der Waals surface area contributed by atoms with Gasteiger partial charge in [-0.15, -0.1) is 0 Å². The molecule has 130 valence electrons. The maximum atomic E-state index is 12.4. The van der Waals surface area contributed by atoms with Crippen molar-refractivity contribution in [1.29, 1.82) is 0 Å². The van der Waals surface area contributed by atoms with Crippen LogP contribution >= 0.6 is 34.2 Å². The highest BCUT2D eigenvalue weighted by molar-refractivity contribution is 14.1. The molecule has 2 aromatic carbocycles. The lowest BCUT2D eigenvalue weighted by molar-refractivity contribution is 0.0952. The van der Waals surface area contributed by atoms with Crippen LogP contribution in [0.5, 0.6) is 0 Å². The van der Waals surface area contributed by atoms with E-state index in [1.54, 1.807) is 0 Å². The van der Waals surface area contributed by atoms with Gasteiger partial charge in [0.1, 0.15) is 3.70 Å². The Bertz CT molecular complexity index is 893. The van der Waals surface area contributed by atoms with Crippen molar-refractivity contribution in [3.8, 4) is 0 Å². The molecule has 0 bridgehead atoms. The number of H-pyrrole nitrogens is 1. The molecular formula is C19H19ClIN3O. The minimum absolute atomic E-state index is 0.0520. The molecule has 1 unspecified atom stereocenters. The lowest BCUT2D eigenvalue weighted by atomic mass is 9.98. The standard InChI is InChI=1S/C19H19ClIN3O/c1-12(10-13-4-2-3-5-16(13)20)8-9-22-19(25)14-6-7-17-15(11-14)18(21)24-23-17/h2-7,11-12H,8-10H2,1H3,(H,22,25)(H,23,24). The predicted octanol–water partition coefficient (Wildman–Crippen LogP) is 4.82. The van der Waals surface area contributed by atoms with Crippen molar-refractivity contribution in [3.63, 3.8) is 0 Å². The van der Waals surface area contributed by atoms with Crippen molar-refractivity contribution in [2.24, 2.45) is 5.92 Å². The topological polar surface area (TPSA) is 57.8 Å². The van der Waals surface area contributed by atoms with Crippen LogP contribution < -0.4 is 5.32 Å². The molecule has 0 aliphatic rings. The van der Waals surface area contributed by atoms with Gasteiger partial charge in [-0.3, -0.25) is 9.89 Å². The molecule has 1 aromatic heterocycles. The summed E-state index contributed by atoms with van der Waals surface area (Å²) >= 11 is 8.39. The summed E-state index contributed by atoms with van der Waals surface area (Å²) in [7, 11) is 0. The third-order valence-electron chi connectivity index (χ3n) is 4.22. The molecule has 0 spiro atoms. The van der Waals surface area contributed by atoms with Crippen molar-refractivity contribution in [2.75, 3.05) is 6.54 Å². The Morgan fingerprint density at radius 1 is 1.32 bits per heavy atom. The van der Waals surface area contributed by atoms with Gasteiger partial charge in [0, 0.05) is 22.5 Å². The average Bonchev–Trinajstić information content (AvgIpc) is 2.97. The van der Waals surface area contributed by atoms with Crippen LogP contribution in [0.15, 0.2) is 42.5 Å². The second kappa shape index (κ2) is 8.19. The number of halogens is 2. The van der Waals surface area contributed by atoms with Crippen LogP contribution in [0, 0.1) is 9.62 Å². The smallest absolute Gasteiger partial charge is 0.251 e. The number of hydrogen-bond donors (Lipinski definition) is 2. The van der Waals surface area contributed by atoms with E-state index in [-0.39, 0.29) is 5.91 Å². The third-order valence-corrected chi connectivity index (χ3v) is 5.41. The monoisotopic (exact) mass is 467 g/mol. The first-order chi connectivity index (χ1) is 12.0. The van der Waals surface area contributed by atoms with E-state index in [9.17, 15) is 4.79 Å². The van der Waals surface area contributed by atoms with Gasteiger partial charge >= 0.3 is 0 Å². The minimum Gasteiger partial charge on any atom is -0.352 e. The van der Waals surface area contributed by atoms with E-state index in [1.165, 1.54) is 0 Å². The Kier molecular flexibility index (Phi) is 5.96. The third kappa shape index (κ3) is 4.52. The van der Waals surface area contributed by atoms with E-state index in [1.807, 2.05) is 36.4 Å². The second-order valence-electron chi connectivity index (χ2n) is 6.21.